The Bertz CT molecular complexity index is 369. The maximum atomic E-state index is 4.15. The Hall–Kier alpha value is -0.930. The number of nitrogens with one attached hydrogen (secondary N) is 1. The summed E-state index contributed by atoms with van der Waals surface area (Å²) < 4.78 is 0. The molecule has 0 amide bonds. The van der Waals surface area contributed by atoms with Crippen molar-refractivity contribution in [3.05, 3.63) is 30.1 Å². The highest BCUT2D eigenvalue weighted by molar-refractivity contribution is 5.18. The molecule has 0 aromatic carbocycles. The maximum Gasteiger partial charge on any atom is 0.0377 e. The van der Waals surface area contributed by atoms with E-state index in [4.69, 9.17) is 0 Å². The van der Waals surface area contributed by atoms with Gasteiger partial charge in [-0.05, 0) is 69.4 Å². The van der Waals surface area contributed by atoms with E-state index in [-0.39, 0.29) is 0 Å². The highest BCUT2D eigenvalue weighted by atomic mass is 15.2. The number of aromatic nitrogens is 1. The average Bonchev–Trinajstić information content (AvgIpc) is 3.26. The molecule has 3 rings (SSSR count). The number of hydrogen-bond donors (Lipinski definition) is 1. The highest BCUT2D eigenvalue weighted by Gasteiger charge is 2.37. The smallest absolute Gasteiger partial charge is 0.0377 e. The molecule has 1 unspecified atom stereocenters. The minimum Gasteiger partial charge on any atom is -0.317 e. The Labute approximate surface area is 110 Å². The van der Waals surface area contributed by atoms with Crippen LogP contribution in [0.3, 0.4) is 0 Å². The lowest BCUT2D eigenvalue weighted by molar-refractivity contribution is 0.128. The van der Waals surface area contributed by atoms with Crippen LogP contribution in [0.1, 0.15) is 37.3 Å². The second-order valence-electron chi connectivity index (χ2n) is 5.71. The predicted octanol–water partition coefficient (Wildman–Crippen LogP) is 2.22. The summed E-state index contributed by atoms with van der Waals surface area (Å²) in [7, 11) is 2.32. The Kier molecular flexibility index (Phi) is 3.62. The van der Waals surface area contributed by atoms with E-state index >= 15 is 0 Å². The molecule has 3 nitrogen and oxygen atoms in total. The van der Waals surface area contributed by atoms with Gasteiger partial charge in [-0.1, -0.05) is 0 Å². The van der Waals surface area contributed by atoms with E-state index in [0.29, 0.717) is 6.04 Å². The number of rotatable bonds is 4. The van der Waals surface area contributed by atoms with Crippen LogP contribution >= 0.6 is 0 Å². The molecular weight excluding hydrogens is 222 g/mol. The first-order valence-electron chi connectivity index (χ1n) is 7.19. The van der Waals surface area contributed by atoms with Crippen molar-refractivity contribution in [2.75, 3.05) is 20.1 Å². The van der Waals surface area contributed by atoms with E-state index in [1.807, 2.05) is 12.4 Å². The summed E-state index contributed by atoms with van der Waals surface area (Å²) in [4.78, 5) is 6.78. The number of piperidine rings is 1. The van der Waals surface area contributed by atoms with Gasteiger partial charge in [0.25, 0.3) is 0 Å². The minimum atomic E-state index is 0.608. The molecule has 2 fully saturated rings. The molecule has 1 saturated heterocycles. The van der Waals surface area contributed by atoms with Crippen LogP contribution in [0.5, 0.6) is 0 Å². The lowest BCUT2D eigenvalue weighted by Crippen LogP contribution is -2.43. The van der Waals surface area contributed by atoms with Crippen LogP contribution in [0.2, 0.25) is 0 Å². The average molecular weight is 245 g/mol. The Morgan fingerprint density at radius 2 is 1.83 bits per heavy atom. The van der Waals surface area contributed by atoms with Crippen LogP contribution in [0, 0.1) is 5.92 Å². The van der Waals surface area contributed by atoms with Crippen LogP contribution < -0.4 is 5.32 Å². The first-order valence-corrected chi connectivity index (χ1v) is 7.19. The summed E-state index contributed by atoms with van der Waals surface area (Å²) in [5.74, 6) is 0.868. The van der Waals surface area contributed by atoms with Crippen molar-refractivity contribution in [2.24, 2.45) is 5.92 Å². The van der Waals surface area contributed by atoms with Crippen LogP contribution in [0.15, 0.2) is 24.5 Å². The van der Waals surface area contributed by atoms with Crippen LogP contribution in [0.25, 0.3) is 0 Å². The zero-order valence-electron chi connectivity index (χ0n) is 11.2. The van der Waals surface area contributed by atoms with E-state index in [1.54, 1.807) is 0 Å². The Balaban J connectivity index is 1.76. The standard InChI is InChI=1S/C15H23N3/c1-18(14-6-10-17-11-7-14)15(12-2-3-12)13-4-8-16-9-5-13/h4-5,8-9,12,14-15,17H,2-3,6-7,10-11H2,1H3. The van der Waals surface area contributed by atoms with Crippen molar-refractivity contribution >= 4 is 0 Å². The first-order chi connectivity index (χ1) is 8.86. The van der Waals surface area contributed by atoms with Gasteiger partial charge in [0.2, 0.25) is 0 Å². The minimum absolute atomic E-state index is 0.608. The van der Waals surface area contributed by atoms with Crippen molar-refractivity contribution in [1.29, 1.82) is 0 Å². The fourth-order valence-electron chi connectivity index (χ4n) is 3.25. The molecule has 3 heteroatoms. The summed E-state index contributed by atoms with van der Waals surface area (Å²) in [5.41, 5.74) is 1.45. The molecule has 18 heavy (non-hydrogen) atoms. The molecular formula is C15H23N3. The van der Waals surface area contributed by atoms with Crippen molar-refractivity contribution < 1.29 is 0 Å². The molecule has 2 aliphatic rings. The van der Waals surface area contributed by atoms with Gasteiger partial charge in [-0.2, -0.15) is 0 Å². The molecule has 0 spiro atoms. The van der Waals surface area contributed by atoms with Gasteiger partial charge in [0, 0.05) is 24.5 Å². The quantitative estimate of drug-likeness (QED) is 0.881. The van der Waals surface area contributed by atoms with Crippen LogP contribution in [0.4, 0.5) is 0 Å². The second-order valence-corrected chi connectivity index (χ2v) is 5.71. The molecule has 98 valence electrons. The molecule has 1 aromatic heterocycles. The lowest BCUT2D eigenvalue weighted by atomic mass is 9.97. The zero-order chi connectivity index (χ0) is 12.4. The predicted molar refractivity (Wildman–Crippen MR) is 73.4 cm³/mol. The molecule has 1 aromatic rings. The number of pyridine rings is 1. The van der Waals surface area contributed by atoms with Gasteiger partial charge in [-0.15, -0.1) is 0 Å². The van der Waals surface area contributed by atoms with Crippen LogP contribution in [-0.2, 0) is 0 Å². The summed E-state index contributed by atoms with van der Waals surface area (Å²) in [5, 5.41) is 3.46. The van der Waals surface area contributed by atoms with Gasteiger partial charge in [-0.3, -0.25) is 9.88 Å². The lowest BCUT2D eigenvalue weighted by Gasteiger charge is -2.38. The largest absolute Gasteiger partial charge is 0.317 e. The monoisotopic (exact) mass is 245 g/mol. The summed E-state index contributed by atoms with van der Waals surface area (Å²) in [6.07, 6.45) is 9.21. The van der Waals surface area contributed by atoms with E-state index < -0.39 is 0 Å². The van der Waals surface area contributed by atoms with Crippen molar-refractivity contribution in [3.8, 4) is 0 Å². The molecule has 1 atom stereocenters. The maximum absolute atomic E-state index is 4.15. The third-order valence-electron chi connectivity index (χ3n) is 4.44. The molecule has 0 radical (unpaired) electrons. The first kappa shape index (κ1) is 12.1. The van der Waals surface area contributed by atoms with Crippen molar-refractivity contribution in [2.45, 2.75) is 37.8 Å². The molecule has 1 saturated carbocycles. The van der Waals surface area contributed by atoms with Crippen LogP contribution in [-0.4, -0.2) is 36.1 Å². The van der Waals surface area contributed by atoms with Gasteiger partial charge in [0.15, 0.2) is 0 Å². The van der Waals surface area contributed by atoms with Crippen molar-refractivity contribution in [1.82, 2.24) is 15.2 Å². The summed E-state index contributed by atoms with van der Waals surface area (Å²) in [6, 6.07) is 5.74. The zero-order valence-corrected chi connectivity index (χ0v) is 11.2. The van der Waals surface area contributed by atoms with E-state index in [1.165, 1.54) is 44.3 Å². The summed E-state index contributed by atoms with van der Waals surface area (Å²) in [6.45, 7) is 2.34. The fourth-order valence-corrected chi connectivity index (χ4v) is 3.25. The fraction of sp³-hybridized carbons (Fsp3) is 0.667. The summed E-state index contributed by atoms with van der Waals surface area (Å²) >= 11 is 0. The highest BCUT2D eigenvalue weighted by Crippen LogP contribution is 2.45. The Morgan fingerprint density at radius 3 is 2.44 bits per heavy atom. The van der Waals surface area contributed by atoms with Gasteiger partial charge in [0.05, 0.1) is 0 Å². The third kappa shape index (κ3) is 2.57. The molecule has 0 bridgehead atoms. The number of hydrogen-bond acceptors (Lipinski definition) is 3. The topological polar surface area (TPSA) is 28.2 Å². The SMILES string of the molecule is CN(C1CCNCC1)C(c1ccncc1)C1CC1. The normalized spacial score (nSPS) is 23.2. The van der Waals surface area contributed by atoms with E-state index in [2.05, 4.69) is 34.4 Å². The van der Waals surface area contributed by atoms with Gasteiger partial charge in [0.1, 0.15) is 0 Å². The molecule has 1 N–H and O–H groups in total. The van der Waals surface area contributed by atoms with Gasteiger partial charge >= 0.3 is 0 Å². The van der Waals surface area contributed by atoms with E-state index in [9.17, 15) is 0 Å². The van der Waals surface area contributed by atoms with E-state index in [0.717, 1.165) is 12.0 Å². The third-order valence-corrected chi connectivity index (χ3v) is 4.44. The second kappa shape index (κ2) is 5.37. The number of nitrogens with zero attached hydrogens (tertiary/aromatic N) is 2. The van der Waals surface area contributed by atoms with Gasteiger partial charge < -0.3 is 5.32 Å². The van der Waals surface area contributed by atoms with Crippen molar-refractivity contribution in [3.63, 3.8) is 0 Å². The Morgan fingerprint density at radius 1 is 1.17 bits per heavy atom. The molecule has 1 aliphatic carbocycles. The molecule has 1 aliphatic heterocycles. The van der Waals surface area contributed by atoms with Gasteiger partial charge in [-0.25, -0.2) is 0 Å². The molecule has 2 heterocycles.